The van der Waals surface area contributed by atoms with Crippen LogP contribution in [-0.4, -0.2) is 58.0 Å². The maximum atomic E-state index is 11.5. The number of carbonyl (C=O) groups excluding carboxylic acids is 1. The normalized spacial score (nSPS) is 12.6. The number of aliphatic hydroxyl groups excluding tert-OH is 1. The maximum Gasteiger partial charge on any atom is 0.234 e. The SMILES string of the molecule is CCNC(=O)CN(CC)CC(O)Cn1cc(N)cn1. The second kappa shape index (κ2) is 7.75. The summed E-state index contributed by atoms with van der Waals surface area (Å²) in [4.78, 5) is 13.4. The molecule has 0 aromatic carbocycles. The van der Waals surface area contributed by atoms with Crippen LogP contribution >= 0.6 is 0 Å². The standard InChI is InChI=1S/C12H23N5O2/c1-3-14-12(19)9-16(4-2)7-11(18)8-17-6-10(13)5-15-17/h5-6,11,18H,3-4,7-9,13H2,1-2H3,(H,14,19). The fraction of sp³-hybridized carbons (Fsp3) is 0.667. The number of likely N-dealkylation sites (N-methyl/N-ethyl adjacent to an activating group) is 2. The van der Waals surface area contributed by atoms with Crippen molar-refractivity contribution in [1.29, 1.82) is 0 Å². The monoisotopic (exact) mass is 269 g/mol. The lowest BCUT2D eigenvalue weighted by Crippen LogP contribution is -2.41. The van der Waals surface area contributed by atoms with Crippen molar-refractivity contribution in [1.82, 2.24) is 20.0 Å². The van der Waals surface area contributed by atoms with Crippen LogP contribution in [0, 0.1) is 0 Å². The number of hydrogen-bond donors (Lipinski definition) is 3. The van der Waals surface area contributed by atoms with Crippen LogP contribution in [0.25, 0.3) is 0 Å². The molecule has 1 atom stereocenters. The van der Waals surface area contributed by atoms with Crippen LogP contribution in [0.3, 0.4) is 0 Å². The molecule has 0 saturated carbocycles. The summed E-state index contributed by atoms with van der Waals surface area (Å²) in [5.41, 5.74) is 6.12. The zero-order valence-corrected chi connectivity index (χ0v) is 11.5. The molecule has 1 unspecified atom stereocenters. The van der Waals surface area contributed by atoms with Gasteiger partial charge in [-0.15, -0.1) is 0 Å². The number of amides is 1. The van der Waals surface area contributed by atoms with Gasteiger partial charge in [0.15, 0.2) is 0 Å². The smallest absolute Gasteiger partial charge is 0.234 e. The topological polar surface area (TPSA) is 96.4 Å². The van der Waals surface area contributed by atoms with Crippen molar-refractivity contribution in [2.75, 3.05) is 31.9 Å². The molecular weight excluding hydrogens is 246 g/mol. The molecule has 0 fully saturated rings. The van der Waals surface area contributed by atoms with Gasteiger partial charge in [-0.1, -0.05) is 6.92 Å². The Kier molecular flexibility index (Phi) is 6.31. The predicted octanol–water partition coefficient (Wildman–Crippen LogP) is -0.716. The quantitative estimate of drug-likeness (QED) is 0.579. The summed E-state index contributed by atoms with van der Waals surface area (Å²) in [6.07, 6.45) is 2.62. The van der Waals surface area contributed by atoms with Crippen LogP contribution in [0.1, 0.15) is 13.8 Å². The molecule has 0 spiro atoms. The number of nitrogen functional groups attached to an aromatic ring is 1. The van der Waals surface area contributed by atoms with E-state index in [0.717, 1.165) is 0 Å². The van der Waals surface area contributed by atoms with Gasteiger partial charge in [0.2, 0.25) is 5.91 Å². The highest BCUT2D eigenvalue weighted by Crippen LogP contribution is 2.01. The highest BCUT2D eigenvalue weighted by atomic mass is 16.3. The zero-order valence-electron chi connectivity index (χ0n) is 11.5. The molecule has 1 aromatic heterocycles. The molecule has 0 radical (unpaired) electrons. The van der Waals surface area contributed by atoms with Gasteiger partial charge >= 0.3 is 0 Å². The first kappa shape index (κ1) is 15.5. The third kappa shape index (κ3) is 5.71. The van der Waals surface area contributed by atoms with E-state index in [2.05, 4.69) is 10.4 Å². The van der Waals surface area contributed by atoms with Crippen LogP contribution in [0.4, 0.5) is 5.69 Å². The van der Waals surface area contributed by atoms with Gasteiger partial charge in [-0.05, 0) is 13.5 Å². The second-order valence-electron chi connectivity index (χ2n) is 4.43. The second-order valence-corrected chi connectivity index (χ2v) is 4.43. The van der Waals surface area contributed by atoms with E-state index in [0.29, 0.717) is 38.4 Å². The van der Waals surface area contributed by atoms with Gasteiger partial charge in [0.25, 0.3) is 0 Å². The van der Waals surface area contributed by atoms with E-state index in [4.69, 9.17) is 5.73 Å². The molecule has 108 valence electrons. The lowest BCUT2D eigenvalue weighted by molar-refractivity contribution is -0.122. The number of anilines is 1. The lowest BCUT2D eigenvalue weighted by atomic mass is 10.3. The van der Waals surface area contributed by atoms with E-state index < -0.39 is 6.10 Å². The first-order valence-electron chi connectivity index (χ1n) is 6.50. The van der Waals surface area contributed by atoms with Gasteiger partial charge in [0.05, 0.1) is 31.1 Å². The minimum absolute atomic E-state index is 0.0279. The average molecular weight is 269 g/mol. The van der Waals surface area contributed by atoms with Crippen molar-refractivity contribution in [2.24, 2.45) is 0 Å². The zero-order chi connectivity index (χ0) is 14.3. The molecule has 7 heteroatoms. The first-order valence-corrected chi connectivity index (χ1v) is 6.50. The van der Waals surface area contributed by atoms with Gasteiger partial charge in [-0.2, -0.15) is 5.10 Å². The number of aromatic nitrogens is 2. The Bertz CT molecular complexity index is 393. The third-order valence-corrected chi connectivity index (χ3v) is 2.71. The molecule has 0 bridgehead atoms. The summed E-state index contributed by atoms with van der Waals surface area (Å²) in [6, 6.07) is 0. The van der Waals surface area contributed by atoms with E-state index in [9.17, 15) is 9.90 Å². The molecule has 4 N–H and O–H groups in total. The number of rotatable bonds is 8. The fourth-order valence-electron chi connectivity index (χ4n) is 1.81. The Morgan fingerprint density at radius 1 is 1.63 bits per heavy atom. The summed E-state index contributed by atoms with van der Waals surface area (Å²) < 4.78 is 1.60. The van der Waals surface area contributed by atoms with Gasteiger partial charge in [-0.3, -0.25) is 14.4 Å². The number of nitrogens with zero attached hydrogens (tertiary/aromatic N) is 3. The van der Waals surface area contributed by atoms with E-state index in [-0.39, 0.29) is 5.91 Å². The van der Waals surface area contributed by atoms with Crippen LogP contribution in [-0.2, 0) is 11.3 Å². The lowest BCUT2D eigenvalue weighted by Gasteiger charge is -2.22. The molecule has 0 aliphatic heterocycles. The van der Waals surface area contributed by atoms with Gasteiger partial charge in [0, 0.05) is 19.3 Å². The van der Waals surface area contributed by atoms with Crippen molar-refractivity contribution in [3.63, 3.8) is 0 Å². The van der Waals surface area contributed by atoms with Crippen molar-refractivity contribution in [3.8, 4) is 0 Å². The van der Waals surface area contributed by atoms with Crippen molar-refractivity contribution < 1.29 is 9.90 Å². The van der Waals surface area contributed by atoms with E-state index in [1.807, 2.05) is 18.7 Å². The summed E-state index contributed by atoms with van der Waals surface area (Å²) in [7, 11) is 0. The number of nitrogens with two attached hydrogens (primary N) is 1. The van der Waals surface area contributed by atoms with Gasteiger partial charge < -0.3 is 16.2 Å². The van der Waals surface area contributed by atoms with Crippen molar-refractivity contribution in [3.05, 3.63) is 12.4 Å². The Balaban J connectivity index is 2.39. The Labute approximate surface area is 113 Å². The van der Waals surface area contributed by atoms with E-state index in [1.165, 1.54) is 0 Å². The average Bonchev–Trinajstić information content (AvgIpc) is 2.74. The molecule has 1 rings (SSSR count). The Hall–Kier alpha value is -1.60. The minimum Gasteiger partial charge on any atom is -0.396 e. The summed E-state index contributed by atoms with van der Waals surface area (Å²) >= 11 is 0. The summed E-state index contributed by atoms with van der Waals surface area (Å²) in [6.45, 7) is 6.24. The largest absolute Gasteiger partial charge is 0.396 e. The summed E-state index contributed by atoms with van der Waals surface area (Å²) in [5, 5.41) is 16.7. The van der Waals surface area contributed by atoms with Crippen molar-refractivity contribution >= 4 is 11.6 Å². The molecule has 0 aliphatic carbocycles. The number of hydrogen-bond acceptors (Lipinski definition) is 5. The Morgan fingerprint density at radius 2 is 2.37 bits per heavy atom. The fourth-order valence-corrected chi connectivity index (χ4v) is 1.81. The molecule has 1 aromatic rings. The predicted molar refractivity (Wildman–Crippen MR) is 73.4 cm³/mol. The van der Waals surface area contributed by atoms with Crippen LogP contribution < -0.4 is 11.1 Å². The number of aliphatic hydroxyl groups is 1. The van der Waals surface area contributed by atoms with Crippen molar-refractivity contribution in [2.45, 2.75) is 26.5 Å². The minimum atomic E-state index is -0.589. The van der Waals surface area contributed by atoms with Crippen LogP contribution in [0.2, 0.25) is 0 Å². The molecule has 7 nitrogen and oxygen atoms in total. The third-order valence-electron chi connectivity index (χ3n) is 2.71. The van der Waals surface area contributed by atoms with Gasteiger partial charge in [-0.25, -0.2) is 0 Å². The molecular formula is C12H23N5O2. The first-order chi connectivity index (χ1) is 9.05. The maximum absolute atomic E-state index is 11.5. The highest BCUT2D eigenvalue weighted by molar-refractivity contribution is 5.77. The number of nitrogens with one attached hydrogen (secondary N) is 1. The van der Waals surface area contributed by atoms with Crippen LogP contribution in [0.15, 0.2) is 12.4 Å². The van der Waals surface area contributed by atoms with E-state index >= 15 is 0 Å². The Morgan fingerprint density at radius 3 is 2.89 bits per heavy atom. The van der Waals surface area contributed by atoms with Gasteiger partial charge in [0.1, 0.15) is 0 Å². The summed E-state index contributed by atoms with van der Waals surface area (Å²) in [5.74, 6) is -0.0279. The molecule has 1 amide bonds. The molecule has 19 heavy (non-hydrogen) atoms. The molecule has 1 heterocycles. The molecule has 0 saturated heterocycles. The highest BCUT2D eigenvalue weighted by Gasteiger charge is 2.14. The van der Waals surface area contributed by atoms with Crippen LogP contribution in [0.5, 0.6) is 0 Å². The van der Waals surface area contributed by atoms with E-state index in [1.54, 1.807) is 17.1 Å². The molecule has 0 aliphatic rings. The number of carbonyl (C=O) groups is 1.